The van der Waals surface area contributed by atoms with Gasteiger partial charge < -0.3 is 20.4 Å². The van der Waals surface area contributed by atoms with Crippen LogP contribution < -0.4 is 5.73 Å². The summed E-state index contributed by atoms with van der Waals surface area (Å²) in [5, 5.41) is 1.22. The lowest BCUT2D eigenvalue weighted by Gasteiger charge is -2.16. The molecule has 1 aliphatic rings. The van der Waals surface area contributed by atoms with E-state index >= 15 is 0 Å². The number of fused-ring (bicyclic) bond motifs is 1. The van der Waals surface area contributed by atoms with Crippen LogP contribution in [-0.2, 0) is 17.6 Å². The average Bonchev–Trinajstić information content (AvgIpc) is 2.98. The maximum atomic E-state index is 11.4. The van der Waals surface area contributed by atoms with Crippen molar-refractivity contribution in [3.8, 4) is 0 Å². The Labute approximate surface area is 134 Å². The molecule has 2 aromatic rings. The van der Waals surface area contributed by atoms with E-state index in [1.54, 1.807) is 11.9 Å². The highest BCUT2D eigenvalue weighted by atomic mass is 79.9. The highest BCUT2D eigenvalue weighted by Crippen LogP contribution is 2.22. The number of aromatic amines is 1. The SMILES string of the molecule is Br.CN1C(=O)OCC1Cc1ccc2[nH]cc(CCN)c2c1. The summed E-state index contributed by atoms with van der Waals surface area (Å²) in [4.78, 5) is 16.3. The summed E-state index contributed by atoms with van der Waals surface area (Å²) in [5.41, 5.74) is 9.23. The first-order valence-electron chi connectivity index (χ1n) is 6.87. The van der Waals surface area contributed by atoms with Crippen molar-refractivity contribution in [2.75, 3.05) is 20.2 Å². The van der Waals surface area contributed by atoms with Gasteiger partial charge in [0, 0.05) is 24.1 Å². The number of aromatic nitrogens is 1. The fourth-order valence-electron chi connectivity index (χ4n) is 2.71. The van der Waals surface area contributed by atoms with Gasteiger partial charge in [0.2, 0.25) is 0 Å². The molecule has 114 valence electrons. The zero-order valence-electron chi connectivity index (χ0n) is 12.0. The zero-order valence-corrected chi connectivity index (χ0v) is 13.7. The number of nitrogens with two attached hydrogens (primary N) is 1. The van der Waals surface area contributed by atoms with E-state index in [1.165, 1.54) is 16.5 Å². The summed E-state index contributed by atoms with van der Waals surface area (Å²) in [6, 6.07) is 6.49. The molecule has 0 aliphatic carbocycles. The van der Waals surface area contributed by atoms with Gasteiger partial charge in [-0.15, -0.1) is 17.0 Å². The first-order valence-corrected chi connectivity index (χ1v) is 6.87. The van der Waals surface area contributed by atoms with Crippen LogP contribution in [0, 0.1) is 0 Å². The smallest absolute Gasteiger partial charge is 0.409 e. The van der Waals surface area contributed by atoms with E-state index in [2.05, 4.69) is 23.2 Å². The summed E-state index contributed by atoms with van der Waals surface area (Å²) < 4.78 is 5.05. The fraction of sp³-hybridized carbons (Fsp3) is 0.400. The molecular weight excluding hydrogens is 334 g/mol. The molecule has 1 amide bonds. The number of carbonyl (C=O) groups is 1. The molecule has 0 bridgehead atoms. The van der Waals surface area contributed by atoms with E-state index < -0.39 is 0 Å². The Morgan fingerprint density at radius 3 is 2.95 bits per heavy atom. The topological polar surface area (TPSA) is 71.3 Å². The van der Waals surface area contributed by atoms with Crippen LogP contribution in [0.2, 0.25) is 0 Å². The zero-order chi connectivity index (χ0) is 14.1. The van der Waals surface area contributed by atoms with E-state index in [-0.39, 0.29) is 29.1 Å². The summed E-state index contributed by atoms with van der Waals surface area (Å²) in [7, 11) is 1.79. The van der Waals surface area contributed by atoms with Crippen molar-refractivity contribution in [1.29, 1.82) is 0 Å². The van der Waals surface area contributed by atoms with E-state index in [4.69, 9.17) is 10.5 Å². The Kier molecular flexibility index (Phi) is 4.90. The second kappa shape index (κ2) is 6.49. The van der Waals surface area contributed by atoms with Gasteiger partial charge in [-0.2, -0.15) is 0 Å². The minimum absolute atomic E-state index is 0. The monoisotopic (exact) mass is 353 g/mol. The number of likely N-dealkylation sites (N-methyl/N-ethyl adjacent to an activating group) is 1. The van der Waals surface area contributed by atoms with Crippen LogP contribution in [0.25, 0.3) is 10.9 Å². The molecule has 1 aliphatic heterocycles. The second-order valence-corrected chi connectivity index (χ2v) is 5.28. The van der Waals surface area contributed by atoms with Crippen molar-refractivity contribution in [2.45, 2.75) is 18.9 Å². The van der Waals surface area contributed by atoms with E-state index in [9.17, 15) is 4.79 Å². The van der Waals surface area contributed by atoms with Gasteiger partial charge in [-0.1, -0.05) is 6.07 Å². The van der Waals surface area contributed by atoms with E-state index in [1.807, 2.05) is 6.20 Å². The molecule has 0 saturated carbocycles. The lowest BCUT2D eigenvalue weighted by molar-refractivity contribution is 0.163. The molecule has 3 N–H and O–H groups in total. The fourth-order valence-corrected chi connectivity index (χ4v) is 2.71. The van der Waals surface area contributed by atoms with Gasteiger partial charge in [0.1, 0.15) is 6.61 Å². The Morgan fingerprint density at radius 1 is 1.48 bits per heavy atom. The number of hydrogen-bond acceptors (Lipinski definition) is 3. The largest absolute Gasteiger partial charge is 0.447 e. The summed E-state index contributed by atoms with van der Waals surface area (Å²) in [6.07, 6.45) is 3.47. The lowest BCUT2D eigenvalue weighted by Crippen LogP contribution is -2.31. The number of halogens is 1. The molecule has 3 rings (SSSR count). The molecule has 1 atom stereocenters. The van der Waals surface area contributed by atoms with Gasteiger partial charge in [-0.05, 0) is 42.6 Å². The van der Waals surface area contributed by atoms with E-state index in [0.29, 0.717) is 13.2 Å². The normalized spacial score (nSPS) is 17.9. The number of nitrogens with zero attached hydrogens (tertiary/aromatic N) is 1. The number of benzene rings is 1. The molecule has 1 unspecified atom stereocenters. The first-order chi connectivity index (χ1) is 9.69. The van der Waals surface area contributed by atoms with E-state index in [0.717, 1.165) is 18.4 Å². The minimum Gasteiger partial charge on any atom is -0.447 e. The highest BCUT2D eigenvalue weighted by Gasteiger charge is 2.29. The van der Waals surface area contributed by atoms with Crippen molar-refractivity contribution in [1.82, 2.24) is 9.88 Å². The van der Waals surface area contributed by atoms with Crippen LogP contribution in [0.4, 0.5) is 4.79 Å². The molecule has 1 saturated heterocycles. The molecule has 1 aromatic heterocycles. The first kappa shape index (κ1) is 15.9. The average molecular weight is 354 g/mol. The van der Waals surface area contributed by atoms with Crippen LogP contribution in [-0.4, -0.2) is 42.2 Å². The molecule has 21 heavy (non-hydrogen) atoms. The van der Waals surface area contributed by atoms with Crippen LogP contribution in [0.15, 0.2) is 24.4 Å². The molecule has 2 heterocycles. The van der Waals surface area contributed by atoms with Crippen LogP contribution in [0.5, 0.6) is 0 Å². The molecule has 1 fully saturated rings. The third kappa shape index (κ3) is 3.06. The van der Waals surface area contributed by atoms with Crippen LogP contribution in [0.3, 0.4) is 0 Å². The third-order valence-electron chi connectivity index (χ3n) is 3.95. The molecule has 6 heteroatoms. The number of amides is 1. The molecular formula is C15H20BrN3O2. The predicted molar refractivity (Wildman–Crippen MR) is 88.0 cm³/mol. The van der Waals surface area contributed by atoms with Gasteiger partial charge in [-0.3, -0.25) is 0 Å². The Morgan fingerprint density at radius 2 is 2.29 bits per heavy atom. The number of carbonyl (C=O) groups excluding carboxylic acids is 1. The number of rotatable bonds is 4. The van der Waals surface area contributed by atoms with Crippen molar-refractivity contribution >= 4 is 34.0 Å². The van der Waals surface area contributed by atoms with Gasteiger partial charge in [0.05, 0.1) is 6.04 Å². The van der Waals surface area contributed by atoms with Crippen LogP contribution in [0.1, 0.15) is 11.1 Å². The highest BCUT2D eigenvalue weighted by molar-refractivity contribution is 8.93. The van der Waals surface area contributed by atoms with Crippen molar-refractivity contribution in [3.63, 3.8) is 0 Å². The summed E-state index contributed by atoms with van der Waals surface area (Å²) >= 11 is 0. The molecule has 5 nitrogen and oxygen atoms in total. The van der Waals surface area contributed by atoms with Gasteiger partial charge >= 0.3 is 6.09 Å². The second-order valence-electron chi connectivity index (χ2n) is 5.28. The van der Waals surface area contributed by atoms with Crippen molar-refractivity contribution in [2.24, 2.45) is 5.73 Å². The number of hydrogen-bond donors (Lipinski definition) is 2. The quantitative estimate of drug-likeness (QED) is 0.885. The Balaban J connectivity index is 0.00000161. The van der Waals surface area contributed by atoms with Crippen molar-refractivity contribution < 1.29 is 9.53 Å². The molecule has 0 spiro atoms. The molecule has 1 aromatic carbocycles. The standard InChI is InChI=1S/C15H19N3O2.BrH/c1-18-12(9-20-15(18)19)6-10-2-3-14-13(7-10)11(4-5-16)8-17-14;/h2-3,7-8,12,17H,4-6,9,16H2,1H3;1H. The number of ether oxygens (including phenoxy) is 1. The maximum Gasteiger partial charge on any atom is 0.409 e. The summed E-state index contributed by atoms with van der Waals surface area (Å²) in [6.45, 7) is 1.11. The summed E-state index contributed by atoms with van der Waals surface area (Å²) in [5.74, 6) is 0. The predicted octanol–water partition coefficient (Wildman–Crippen LogP) is 2.24. The number of cyclic esters (lactones) is 1. The Hall–Kier alpha value is -1.53. The number of nitrogens with one attached hydrogen (secondary N) is 1. The van der Waals surface area contributed by atoms with Gasteiger partial charge in [-0.25, -0.2) is 4.79 Å². The molecule has 0 radical (unpaired) electrons. The van der Waals surface area contributed by atoms with Gasteiger partial charge in [0.25, 0.3) is 0 Å². The lowest BCUT2D eigenvalue weighted by atomic mass is 10.0. The minimum atomic E-state index is -0.235. The maximum absolute atomic E-state index is 11.4. The van der Waals surface area contributed by atoms with Crippen molar-refractivity contribution in [3.05, 3.63) is 35.5 Å². The number of H-pyrrole nitrogens is 1. The van der Waals surface area contributed by atoms with Gasteiger partial charge in [0.15, 0.2) is 0 Å². The Bertz CT molecular complexity index is 641. The van der Waals surface area contributed by atoms with Crippen LogP contribution >= 0.6 is 17.0 Å². The third-order valence-corrected chi connectivity index (χ3v) is 3.95.